The number of amides is 1. The van der Waals surface area contributed by atoms with Crippen LogP contribution < -0.4 is 11.1 Å². The van der Waals surface area contributed by atoms with Gasteiger partial charge in [-0.15, -0.1) is 0 Å². The Labute approximate surface area is 135 Å². The molecule has 0 bridgehead atoms. The van der Waals surface area contributed by atoms with E-state index in [0.29, 0.717) is 0 Å². The van der Waals surface area contributed by atoms with E-state index in [0.717, 1.165) is 0 Å². The molecule has 0 aliphatic rings. The number of nitrogens with one attached hydrogen (secondary N) is 1. The van der Waals surface area contributed by atoms with Crippen LogP contribution in [0.1, 0.15) is 5.56 Å². The number of hydrogen-bond donors (Lipinski definition) is 3. The topological polar surface area (TPSA) is 75.4 Å². The van der Waals surface area contributed by atoms with Gasteiger partial charge in [-0.25, -0.2) is 0 Å². The Hall–Kier alpha value is -1.39. The average molecular weight is 385 g/mol. The summed E-state index contributed by atoms with van der Waals surface area (Å²) in [5, 5.41) is 9.56. The summed E-state index contributed by atoms with van der Waals surface area (Å²) in [4.78, 5) is 10.6. The number of aliphatic hydroxyl groups is 1. The first-order valence-electron chi connectivity index (χ1n) is 5.59. The van der Waals surface area contributed by atoms with Gasteiger partial charge >= 0.3 is 18.0 Å². The van der Waals surface area contributed by atoms with Crippen molar-refractivity contribution in [3.63, 3.8) is 0 Å². The van der Waals surface area contributed by atoms with Gasteiger partial charge in [-0.2, -0.15) is 26.3 Å². The molecule has 0 saturated carbocycles. The molecule has 1 amide bonds. The Morgan fingerprint density at radius 3 is 1.91 bits per heavy atom. The highest BCUT2D eigenvalue weighted by molar-refractivity contribution is 6.39. The van der Waals surface area contributed by atoms with Crippen LogP contribution in [0.3, 0.4) is 0 Å². The van der Waals surface area contributed by atoms with Crippen LogP contribution in [0.2, 0.25) is 10.0 Å². The minimum absolute atomic E-state index is 0.271. The standard InChI is InChI=1S/C11H8Cl2F6N2O2/c12-5-1-4(2-6(13)8(5)21-3-7(20)22)9(14,15)10(16,23)11(17,18)19/h1-2,21,23H,3H2,(H2,20,22). The third-order valence-corrected chi connectivity index (χ3v) is 3.23. The predicted octanol–water partition coefficient (Wildman–Crippen LogP) is 3.20. The van der Waals surface area contributed by atoms with Crippen molar-refractivity contribution in [2.45, 2.75) is 18.0 Å². The number of nitrogens with two attached hydrogens (primary N) is 1. The Morgan fingerprint density at radius 1 is 1.13 bits per heavy atom. The van der Waals surface area contributed by atoms with Crippen molar-refractivity contribution >= 4 is 34.8 Å². The van der Waals surface area contributed by atoms with Gasteiger partial charge in [0.1, 0.15) is 0 Å². The molecule has 0 heterocycles. The van der Waals surface area contributed by atoms with E-state index in [1.807, 2.05) is 0 Å². The fourth-order valence-electron chi connectivity index (χ4n) is 1.47. The van der Waals surface area contributed by atoms with Crippen LogP contribution in [0.25, 0.3) is 0 Å². The molecular weight excluding hydrogens is 377 g/mol. The smallest absolute Gasteiger partial charge is 0.374 e. The number of rotatable bonds is 5. The molecule has 0 radical (unpaired) electrons. The number of carbonyl (C=O) groups is 1. The molecule has 23 heavy (non-hydrogen) atoms. The lowest BCUT2D eigenvalue weighted by Crippen LogP contribution is -2.53. The summed E-state index contributed by atoms with van der Waals surface area (Å²) in [6.07, 6.45) is -6.27. The van der Waals surface area contributed by atoms with Crippen molar-refractivity contribution < 1.29 is 36.2 Å². The first-order valence-corrected chi connectivity index (χ1v) is 6.35. The first kappa shape index (κ1) is 19.7. The van der Waals surface area contributed by atoms with Crippen LogP contribution in [-0.2, 0) is 10.7 Å². The van der Waals surface area contributed by atoms with Crippen LogP contribution in [0, 0.1) is 0 Å². The van der Waals surface area contributed by atoms with Crippen molar-refractivity contribution in [2.75, 3.05) is 11.9 Å². The molecule has 1 atom stereocenters. The molecule has 12 heteroatoms. The third-order valence-electron chi connectivity index (χ3n) is 2.64. The number of carbonyl (C=O) groups excluding carboxylic acids is 1. The maximum atomic E-state index is 13.7. The first-order chi connectivity index (χ1) is 10.2. The molecule has 1 aromatic carbocycles. The molecular formula is C11H8Cl2F6N2O2. The molecule has 0 fully saturated rings. The lowest BCUT2D eigenvalue weighted by Gasteiger charge is -2.30. The zero-order valence-electron chi connectivity index (χ0n) is 10.8. The van der Waals surface area contributed by atoms with Gasteiger partial charge in [0.2, 0.25) is 5.91 Å². The predicted molar refractivity (Wildman–Crippen MR) is 70.2 cm³/mol. The highest BCUT2D eigenvalue weighted by Crippen LogP contribution is 2.50. The number of hydrogen-bond acceptors (Lipinski definition) is 3. The molecule has 0 aliphatic carbocycles. The Bertz CT molecular complexity index is 598. The zero-order valence-corrected chi connectivity index (χ0v) is 12.3. The normalized spacial score (nSPS) is 15.2. The van der Waals surface area contributed by atoms with Crippen molar-refractivity contribution in [2.24, 2.45) is 5.73 Å². The average Bonchev–Trinajstić information content (AvgIpc) is 2.35. The van der Waals surface area contributed by atoms with Gasteiger partial charge in [-0.3, -0.25) is 4.79 Å². The fourth-order valence-corrected chi connectivity index (χ4v) is 2.09. The molecule has 0 saturated heterocycles. The molecule has 0 aromatic heterocycles. The molecule has 0 spiro atoms. The molecule has 0 aliphatic heterocycles. The highest BCUT2D eigenvalue weighted by atomic mass is 35.5. The number of anilines is 1. The minimum atomic E-state index is -6.27. The lowest BCUT2D eigenvalue weighted by atomic mass is 10.00. The second-order valence-electron chi connectivity index (χ2n) is 4.33. The summed E-state index contributed by atoms with van der Waals surface area (Å²) in [6, 6.07) is 0.542. The van der Waals surface area contributed by atoms with E-state index in [2.05, 4.69) is 5.32 Å². The van der Waals surface area contributed by atoms with E-state index in [4.69, 9.17) is 34.0 Å². The number of primary amides is 1. The van der Waals surface area contributed by atoms with Gasteiger partial charge < -0.3 is 16.2 Å². The van der Waals surface area contributed by atoms with Crippen molar-refractivity contribution in [1.29, 1.82) is 0 Å². The lowest BCUT2D eigenvalue weighted by molar-refractivity contribution is -0.390. The summed E-state index contributed by atoms with van der Waals surface area (Å²) in [5.74, 6) is -12.1. The summed E-state index contributed by atoms with van der Waals surface area (Å²) >= 11 is 11.1. The number of alkyl halides is 6. The van der Waals surface area contributed by atoms with Gasteiger partial charge in [-0.1, -0.05) is 23.2 Å². The van der Waals surface area contributed by atoms with Gasteiger partial charge in [0, 0.05) is 5.56 Å². The van der Waals surface area contributed by atoms with Crippen LogP contribution in [0.4, 0.5) is 32.0 Å². The van der Waals surface area contributed by atoms with E-state index >= 15 is 0 Å². The van der Waals surface area contributed by atoms with Crippen molar-refractivity contribution in [3.8, 4) is 0 Å². The number of halogens is 8. The van der Waals surface area contributed by atoms with E-state index in [-0.39, 0.29) is 17.8 Å². The van der Waals surface area contributed by atoms with E-state index < -0.39 is 46.0 Å². The second kappa shape index (κ2) is 6.25. The quantitative estimate of drug-likeness (QED) is 0.682. The Balaban J connectivity index is 3.32. The summed E-state index contributed by atoms with van der Waals surface area (Å²) in [5.41, 5.74) is 2.94. The summed E-state index contributed by atoms with van der Waals surface area (Å²) < 4.78 is 77.4. The highest BCUT2D eigenvalue weighted by Gasteiger charge is 2.71. The largest absolute Gasteiger partial charge is 0.455 e. The van der Waals surface area contributed by atoms with Crippen molar-refractivity contribution in [1.82, 2.24) is 0 Å². The molecule has 4 nitrogen and oxygen atoms in total. The minimum Gasteiger partial charge on any atom is -0.374 e. The van der Waals surface area contributed by atoms with E-state index in [1.165, 1.54) is 0 Å². The summed E-state index contributed by atoms with van der Waals surface area (Å²) in [6.45, 7) is -0.495. The van der Waals surface area contributed by atoms with Gasteiger partial charge in [0.05, 0.1) is 22.3 Å². The fraction of sp³-hybridized carbons (Fsp3) is 0.364. The van der Waals surface area contributed by atoms with Gasteiger partial charge in [-0.05, 0) is 12.1 Å². The van der Waals surface area contributed by atoms with Crippen molar-refractivity contribution in [3.05, 3.63) is 27.7 Å². The summed E-state index contributed by atoms with van der Waals surface area (Å²) in [7, 11) is 0. The Morgan fingerprint density at radius 2 is 1.57 bits per heavy atom. The van der Waals surface area contributed by atoms with E-state index in [9.17, 15) is 31.1 Å². The maximum Gasteiger partial charge on any atom is 0.455 e. The van der Waals surface area contributed by atoms with Crippen LogP contribution in [0.5, 0.6) is 0 Å². The van der Waals surface area contributed by atoms with E-state index in [1.54, 1.807) is 0 Å². The van der Waals surface area contributed by atoms with Crippen LogP contribution >= 0.6 is 23.2 Å². The number of benzene rings is 1. The Kier molecular flexibility index (Phi) is 5.34. The van der Waals surface area contributed by atoms with Crippen LogP contribution in [0.15, 0.2) is 12.1 Å². The van der Waals surface area contributed by atoms with Gasteiger partial charge in [0.25, 0.3) is 0 Å². The zero-order chi connectivity index (χ0) is 18.2. The molecule has 1 rings (SSSR count). The van der Waals surface area contributed by atoms with Gasteiger partial charge in [0.15, 0.2) is 0 Å². The SMILES string of the molecule is NC(=O)CNc1c(Cl)cc(C(F)(F)C(O)(F)C(F)(F)F)cc1Cl. The molecule has 1 unspecified atom stereocenters. The molecule has 130 valence electrons. The van der Waals surface area contributed by atoms with Crippen LogP contribution in [-0.4, -0.2) is 29.6 Å². The molecule has 1 aromatic rings. The second-order valence-corrected chi connectivity index (χ2v) is 5.14. The monoisotopic (exact) mass is 384 g/mol. The third kappa shape index (κ3) is 3.75. The molecule has 4 N–H and O–H groups in total. The maximum absolute atomic E-state index is 13.7.